The van der Waals surface area contributed by atoms with Crippen molar-refractivity contribution in [3.63, 3.8) is 0 Å². The van der Waals surface area contributed by atoms with Crippen LogP contribution in [0.3, 0.4) is 0 Å². The topological polar surface area (TPSA) is 56.0 Å². The second-order valence-corrected chi connectivity index (χ2v) is 6.76. The molecule has 23 heavy (non-hydrogen) atoms. The lowest BCUT2D eigenvalue weighted by Gasteiger charge is -2.23. The lowest BCUT2D eigenvalue weighted by molar-refractivity contribution is -0.126. The van der Waals surface area contributed by atoms with Crippen molar-refractivity contribution in [2.75, 3.05) is 0 Å². The molecule has 3 nitrogen and oxygen atoms in total. The average Bonchev–Trinajstić information content (AvgIpc) is 3.08. The summed E-state index contributed by atoms with van der Waals surface area (Å²) in [6.45, 7) is 3.92. The highest BCUT2D eigenvalue weighted by Gasteiger charge is 2.29. The molecule has 0 spiro atoms. The van der Waals surface area contributed by atoms with Crippen LogP contribution in [0.25, 0.3) is 10.9 Å². The van der Waals surface area contributed by atoms with Gasteiger partial charge in [0.05, 0.1) is 10.9 Å². The standard InChI is InChI=1S/C10H15NOS.C9H7N/c1-3-10(2,9(11)12)7-8-5-4-6-13-8;1-2-6-9-8(4-1)5-3-7-10-9/h4-6H,3,7H2,1-2H3,(H2,11,12);1-7H. The molecule has 0 bridgehead atoms. The van der Waals surface area contributed by atoms with Crippen LogP contribution in [0.15, 0.2) is 60.1 Å². The summed E-state index contributed by atoms with van der Waals surface area (Å²) in [7, 11) is 0. The minimum absolute atomic E-state index is 0.205. The summed E-state index contributed by atoms with van der Waals surface area (Å²) in [5.74, 6) is -0.205. The van der Waals surface area contributed by atoms with Crippen LogP contribution < -0.4 is 5.73 Å². The maximum atomic E-state index is 11.2. The molecule has 0 aliphatic rings. The molecule has 0 aliphatic carbocycles. The number of aromatic nitrogens is 1. The molecule has 3 rings (SSSR count). The van der Waals surface area contributed by atoms with Crippen LogP contribution in [-0.4, -0.2) is 10.9 Å². The Balaban J connectivity index is 0.000000172. The third kappa shape index (κ3) is 4.63. The predicted molar refractivity (Wildman–Crippen MR) is 97.4 cm³/mol. The van der Waals surface area contributed by atoms with E-state index in [9.17, 15) is 4.79 Å². The third-order valence-electron chi connectivity index (χ3n) is 4.03. The third-order valence-corrected chi connectivity index (χ3v) is 4.91. The lowest BCUT2D eigenvalue weighted by Crippen LogP contribution is -2.35. The molecule has 1 amide bonds. The number of nitrogens with two attached hydrogens (primary N) is 1. The Morgan fingerprint density at radius 2 is 1.91 bits per heavy atom. The van der Waals surface area contributed by atoms with E-state index < -0.39 is 0 Å². The van der Waals surface area contributed by atoms with Crippen molar-refractivity contribution in [3.8, 4) is 0 Å². The SMILES string of the molecule is CCC(C)(Cc1cccs1)C(N)=O.c1ccc2ncccc2c1. The first-order chi connectivity index (χ1) is 11.0. The summed E-state index contributed by atoms with van der Waals surface area (Å²) in [6, 6.07) is 16.1. The van der Waals surface area contributed by atoms with E-state index in [2.05, 4.69) is 17.1 Å². The fraction of sp³-hybridized carbons (Fsp3) is 0.263. The maximum Gasteiger partial charge on any atom is 0.223 e. The van der Waals surface area contributed by atoms with Crippen LogP contribution in [-0.2, 0) is 11.2 Å². The molecule has 120 valence electrons. The van der Waals surface area contributed by atoms with Gasteiger partial charge in [0.2, 0.25) is 5.91 Å². The van der Waals surface area contributed by atoms with E-state index >= 15 is 0 Å². The Morgan fingerprint density at radius 3 is 2.52 bits per heavy atom. The first-order valence-electron chi connectivity index (χ1n) is 7.67. The molecular formula is C19H22N2OS. The van der Waals surface area contributed by atoms with E-state index in [0.29, 0.717) is 0 Å². The molecule has 4 heteroatoms. The van der Waals surface area contributed by atoms with Crippen LogP contribution in [0.2, 0.25) is 0 Å². The van der Waals surface area contributed by atoms with Gasteiger partial charge < -0.3 is 5.73 Å². The van der Waals surface area contributed by atoms with E-state index in [0.717, 1.165) is 18.4 Å². The molecule has 0 fully saturated rings. The van der Waals surface area contributed by atoms with Gasteiger partial charge >= 0.3 is 0 Å². The Morgan fingerprint density at radius 1 is 1.17 bits per heavy atom. The molecule has 3 aromatic rings. The number of rotatable bonds is 4. The number of nitrogens with zero attached hydrogens (tertiary/aromatic N) is 1. The fourth-order valence-corrected chi connectivity index (χ4v) is 3.09. The first kappa shape index (κ1) is 17.2. The van der Waals surface area contributed by atoms with Gasteiger partial charge in [-0.25, -0.2) is 0 Å². The number of para-hydroxylation sites is 1. The maximum absolute atomic E-state index is 11.2. The molecule has 0 aliphatic heterocycles. The summed E-state index contributed by atoms with van der Waals surface area (Å²) in [5.41, 5.74) is 6.04. The van der Waals surface area contributed by atoms with E-state index in [-0.39, 0.29) is 11.3 Å². The molecule has 1 aromatic carbocycles. The Bertz CT molecular complexity index is 689. The highest BCUT2D eigenvalue weighted by Crippen LogP contribution is 2.27. The normalized spacial score (nSPS) is 13.0. The number of carbonyl (C=O) groups is 1. The zero-order valence-electron chi connectivity index (χ0n) is 13.5. The highest BCUT2D eigenvalue weighted by atomic mass is 32.1. The second-order valence-electron chi connectivity index (χ2n) is 5.73. The van der Waals surface area contributed by atoms with Crippen molar-refractivity contribution < 1.29 is 4.79 Å². The summed E-state index contributed by atoms with van der Waals surface area (Å²) in [6.07, 6.45) is 3.36. The molecule has 0 radical (unpaired) electrons. The van der Waals surface area contributed by atoms with Gasteiger partial charge in [0.1, 0.15) is 0 Å². The van der Waals surface area contributed by atoms with E-state index in [1.54, 1.807) is 11.3 Å². The number of hydrogen-bond acceptors (Lipinski definition) is 3. The van der Waals surface area contributed by atoms with E-state index in [1.807, 2.05) is 61.8 Å². The molecule has 2 heterocycles. The molecule has 0 saturated heterocycles. The van der Waals surface area contributed by atoms with Crippen LogP contribution in [0.1, 0.15) is 25.1 Å². The van der Waals surface area contributed by atoms with Gasteiger partial charge in [-0.05, 0) is 36.4 Å². The number of fused-ring (bicyclic) bond motifs is 1. The van der Waals surface area contributed by atoms with Gasteiger partial charge in [-0.15, -0.1) is 11.3 Å². The summed E-state index contributed by atoms with van der Waals surface area (Å²) >= 11 is 1.67. The summed E-state index contributed by atoms with van der Waals surface area (Å²) in [5, 5.41) is 3.22. The van der Waals surface area contributed by atoms with E-state index in [4.69, 9.17) is 5.73 Å². The number of primary amides is 1. The predicted octanol–water partition coefficient (Wildman–Crippen LogP) is 4.43. The van der Waals surface area contributed by atoms with Gasteiger partial charge in [-0.1, -0.05) is 44.2 Å². The first-order valence-corrected chi connectivity index (χ1v) is 8.55. The second kappa shape index (κ2) is 7.88. The number of pyridine rings is 1. The quantitative estimate of drug-likeness (QED) is 0.771. The molecule has 1 atom stereocenters. The molecule has 2 N–H and O–H groups in total. The van der Waals surface area contributed by atoms with Crippen molar-refractivity contribution in [1.29, 1.82) is 0 Å². The number of benzene rings is 1. The van der Waals surface area contributed by atoms with Crippen molar-refractivity contribution in [2.24, 2.45) is 11.1 Å². The van der Waals surface area contributed by atoms with Crippen molar-refractivity contribution in [2.45, 2.75) is 26.7 Å². The molecule has 0 saturated carbocycles. The van der Waals surface area contributed by atoms with Gasteiger partial charge in [0, 0.05) is 16.5 Å². The summed E-state index contributed by atoms with van der Waals surface area (Å²) < 4.78 is 0. The minimum Gasteiger partial charge on any atom is -0.369 e. The fourth-order valence-electron chi connectivity index (χ4n) is 2.20. The van der Waals surface area contributed by atoms with Gasteiger partial charge in [-0.3, -0.25) is 9.78 Å². The van der Waals surface area contributed by atoms with Crippen molar-refractivity contribution >= 4 is 28.1 Å². The largest absolute Gasteiger partial charge is 0.369 e. The monoisotopic (exact) mass is 326 g/mol. The lowest BCUT2D eigenvalue weighted by atomic mass is 9.83. The van der Waals surface area contributed by atoms with Gasteiger partial charge in [-0.2, -0.15) is 0 Å². The molecule has 2 aromatic heterocycles. The van der Waals surface area contributed by atoms with Gasteiger partial charge in [0.15, 0.2) is 0 Å². The van der Waals surface area contributed by atoms with Crippen LogP contribution in [0.5, 0.6) is 0 Å². The van der Waals surface area contributed by atoms with Crippen LogP contribution in [0.4, 0.5) is 0 Å². The molecule has 1 unspecified atom stereocenters. The van der Waals surface area contributed by atoms with Crippen molar-refractivity contribution in [3.05, 3.63) is 65.0 Å². The zero-order valence-corrected chi connectivity index (χ0v) is 14.3. The Labute approximate surface area is 141 Å². The zero-order chi connectivity index (χ0) is 16.7. The summed E-state index contributed by atoms with van der Waals surface area (Å²) in [4.78, 5) is 16.6. The smallest absolute Gasteiger partial charge is 0.223 e. The Hall–Kier alpha value is -2.20. The number of hydrogen-bond donors (Lipinski definition) is 1. The Kier molecular flexibility index (Phi) is 5.88. The number of amides is 1. The minimum atomic E-state index is -0.384. The van der Waals surface area contributed by atoms with E-state index in [1.165, 1.54) is 10.3 Å². The van der Waals surface area contributed by atoms with Gasteiger partial charge in [0.25, 0.3) is 0 Å². The highest BCUT2D eigenvalue weighted by molar-refractivity contribution is 7.09. The van der Waals surface area contributed by atoms with Crippen molar-refractivity contribution in [1.82, 2.24) is 4.98 Å². The number of thiophene rings is 1. The van der Waals surface area contributed by atoms with Crippen LogP contribution >= 0.6 is 11.3 Å². The number of carbonyl (C=O) groups excluding carboxylic acids is 1. The average molecular weight is 326 g/mol. The van der Waals surface area contributed by atoms with Crippen LogP contribution in [0, 0.1) is 5.41 Å². The molecular weight excluding hydrogens is 304 g/mol.